The van der Waals surface area contributed by atoms with Gasteiger partial charge in [-0.15, -0.1) is 0 Å². The standard InChI is InChI=1S/C14H15FN6O/c1-3-13(22)20-7-11(8-20)21-6-10(4-17-21)19-14-16-5-12(15)9(2)18-14/h3-6,11H,1,7-8H2,2H3,(H,16,18,19). The van der Waals surface area contributed by atoms with Crippen molar-refractivity contribution in [1.82, 2.24) is 24.6 Å². The van der Waals surface area contributed by atoms with E-state index < -0.39 is 5.82 Å². The van der Waals surface area contributed by atoms with Crippen molar-refractivity contribution in [1.29, 1.82) is 0 Å². The summed E-state index contributed by atoms with van der Waals surface area (Å²) >= 11 is 0. The van der Waals surface area contributed by atoms with E-state index >= 15 is 0 Å². The van der Waals surface area contributed by atoms with E-state index in [-0.39, 0.29) is 17.6 Å². The fraction of sp³-hybridized carbons (Fsp3) is 0.286. The van der Waals surface area contributed by atoms with Crippen molar-refractivity contribution in [2.45, 2.75) is 13.0 Å². The molecule has 7 nitrogen and oxygen atoms in total. The number of aryl methyl sites for hydroxylation is 1. The second kappa shape index (κ2) is 5.55. The molecular weight excluding hydrogens is 287 g/mol. The van der Waals surface area contributed by atoms with Gasteiger partial charge in [0, 0.05) is 19.3 Å². The van der Waals surface area contributed by atoms with Crippen molar-refractivity contribution in [3.8, 4) is 0 Å². The third-order valence-corrected chi connectivity index (χ3v) is 3.50. The molecule has 1 fully saturated rings. The van der Waals surface area contributed by atoms with Crippen molar-refractivity contribution < 1.29 is 9.18 Å². The van der Waals surface area contributed by atoms with Crippen molar-refractivity contribution in [3.63, 3.8) is 0 Å². The lowest BCUT2D eigenvalue weighted by molar-refractivity contribution is -0.131. The van der Waals surface area contributed by atoms with Gasteiger partial charge in [0.15, 0.2) is 5.82 Å². The van der Waals surface area contributed by atoms with Crippen LogP contribution in [0.15, 0.2) is 31.2 Å². The van der Waals surface area contributed by atoms with Crippen LogP contribution in [0.5, 0.6) is 0 Å². The van der Waals surface area contributed by atoms with Gasteiger partial charge >= 0.3 is 0 Å². The van der Waals surface area contributed by atoms with Gasteiger partial charge in [0.1, 0.15) is 0 Å². The number of hydrogen-bond donors (Lipinski definition) is 1. The molecule has 0 aromatic carbocycles. The lowest BCUT2D eigenvalue weighted by Gasteiger charge is -2.38. The molecule has 0 radical (unpaired) electrons. The second-order valence-corrected chi connectivity index (χ2v) is 5.06. The maximum Gasteiger partial charge on any atom is 0.246 e. The Morgan fingerprint density at radius 3 is 2.95 bits per heavy atom. The van der Waals surface area contributed by atoms with Crippen LogP contribution >= 0.6 is 0 Å². The molecule has 114 valence electrons. The SMILES string of the molecule is C=CC(=O)N1CC(n2cc(Nc3ncc(F)c(C)n3)cn2)C1. The molecule has 2 aromatic heterocycles. The monoisotopic (exact) mass is 302 g/mol. The maximum absolute atomic E-state index is 13.1. The Kier molecular flexibility index (Phi) is 3.58. The quantitative estimate of drug-likeness (QED) is 0.865. The number of carbonyl (C=O) groups excluding carboxylic acids is 1. The third-order valence-electron chi connectivity index (χ3n) is 3.50. The van der Waals surface area contributed by atoms with Crippen LogP contribution in [-0.2, 0) is 4.79 Å². The van der Waals surface area contributed by atoms with Crippen molar-refractivity contribution in [3.05, 3.63) is 42.8 Å². The van der Waals surface area contributed by atoms with E-state index in [0.717, 1.165) is 6.20 Å². The molecule has 1 saturated heterocycles. The van der Waals surface area contributed by atoms with Crippen LogP contribution < -0.4 is 5.32 Å². The van der Waals surface area contributed by atoms with Gasteiger partial charge in [-0.05, 0) is 13.0 Å². The summed E-state index contributed by atoms with van der Waals surface area (Å²) in [6.07, 6.45) is 5.88. The van der Waals surface area contributed by atoms with E-state index in [2.05, 4.69) is 27.0 Å². The number of rotatable bonds is 4. The Bertz CT molecular complexity index is 722. The van der Waals surface area contributed by atoms with Gasteiger partial charge in [0.2, 0.25) is 11.9 Å². The molecule has 3 rings (SSSR count). The van der Waals surface area contributed by atoms with Crippen LogP contribution in [0, 0.1) is 12.7 Å². The number of likely N-dealkylation sites (tertiary alicyclic amines) is 1. The van der Waals surface area contributed by atoms with Gasteiger partial charge in [-0.3, -0.25) is 9.48 Å². The smallest absolute Gasteiger partial charge is 0.246 e. The van der Waals surface area contributed by atoms with Gasteiger partial charge < -0.3 is 10.2 Å². The topological polar surface area (TPSA) is 75.9 Å². The van der Waals surface area contributed by atoms with Crippen molar-refractivity contribution >= 4 is 17.5 Å². The highest BCUT2D eigenvalue weighted by molar-refractivity contribution is 5.87. The van der Waals surface area contributed by atoms with Gasteiger partial charge in [-0.25, -0.2) is 14.4 Å². The minimum absolute atomic E-state index is 0.0723. The van der Waals surface area contributed by atoms with E-state index in [9.17, 15) is 9.18 Å². The van der Waals surface area contributed by atoms with E-state index in [0.29, 0.717) is 24.7 Å². The van der Waals surface area contributed by atoms with Gasteiger partial charge in [0.25, 0.3) is 0 Å². The highest BCUT2D eigenvalue weighted by Crippen LogP contribution is 2.23. The normalized spacial score (nSPS) is 14.5. The molecule has 22 heavy (non-hydrogen) atoms. The zero-order valence-corrected chi connectivity index (χ0v) is 12.0. The molecule has 0 spiro atoms. The fourth-order valence-corrected chi connectivity index (χ4v) is 2.18. The van der Waals surface area contributed by atoms with E-state index in [1.807, 2.05) is 6.20 Å². The predicted octanol–water partition coefficient (Wildman–Crippen LogP) is 1.43. The molecule has 1 N–H and O–H groups in total. The molecule has 3 heterocycles. The minimum Gasteiger partial charge on any atom is -0.335 e. The van der Waals surface area contributed by atoms with Gasteiger partial charge in [-0.2, -0.15) is 5.10 Å². The summed E-state index contributed by atoms with van der Waals surface area (Å²) in [4.78, 5) is 21.0. The van der Waals surface area contributed by atoms with Crippen molar-refractivity contribution in [2.24, 2.45) is 0 Å². The average molecular weight is 302 g/mol. The molecular formula is C14H15FN6O. The third kappa shape index (κ3) is 2.67. The first kappa shape index (κ1) is 14.2. The molecule has 0 saturated carbocycles. The number of anilines is 2. The summed E-state index contributed by atoms with van der Waals surface area (Å²) in [6.45, 7) is 6.25. The first-order chi connectivity index (χ1) is 10.6. The van der Waals surface area contributed by atoms with Crippen LogP contribution in [-0.4, -0.2) is 43.6 Å². The van der Waals surface area contributed by atoms with Crippen LogP contribution in [0.1, 0.15) is 11.7 Å². The summed E-state index contributed by atoms with van der Waals surface area (Å²) in [5.74, 6) is -0.199. The Morgan fingerprint density at radius 2 is 2.27 bits per heavy atom. The fourth-order valence-electron chi connectivity index (χ4n) is 2.18. The number of halogens is 1. The zero-order chi connectivity index (χ0) is 15.7. The Balaban J connectivity index is 1.63. The molecule has 0 aliphatic carbocycles. The first-order valence-corrected chi connectivity index (χ1v) is 6.78. The minimum atomic E-state index is -0.442. The molecule has 1 aliphatic heterocycles. The number of hydrogen-bond acceptors (Lipinski definition) is 5. The Morgan fingerprint density at radius 1 is 1.50 bits per heavy atom. The first-order valence-electron chi connectivity index (χ1n) is 6.78. The van der Waals surface area contributed by atoms with Crippen LogP contribution in [0.2, 0.25) is 0 Å². The molecule has 0 unspecified atom stereocenters. The molecule has 0 atom stereocenters. The maximum atomic E-state index is 13.1. The summed E-state index contributed by atoms with van der Waals surface area (Å²) in [7, 11) is 0. The summed E-state index contributed by atoms with van der Waals surface area (Å²) < 4.78 is 14.9. The lowest BCUT2D eigenvalue weighted by Crippen LogP contribution is -2.50. The van der Waals surface area contributed by atoms with E-state index in [1.165, 1.54) is 6.08 Å². The van der Waals surface area contributed by atoms with Gasteiger partial charge in [0.05, 0.1) is 29.8 Å². The Hall–Kier alpha value is -2.77. The predicted molar refractivity (Wildman–Crippen MR) is 78.1 cm³/mol. The average Bonchev–Trinajstić information content (AvgIpc) is 2.89. The van der Waals surface area contributed by atoms with Gasteiger partial charge in [-0.1, -0.05) is 6.58 Å². The second-order valence-electron chi connectivity index (χ2n) is 5.06. The van der Waals surface area contributed by atoms with Crippen LogP contribution in [0.3, 0.4) is 0 Å². The summed E-state index contributed by atoms with van der Waals surface area (Å²) in [5, 5.41) is 7.23. The summed E-state index contributed by atoms with van der Waals surface area (Å²) in [6, 6.07) is 0.148. The molecule has 1 aliphatic rings. The van der Waals surface area contributed by atoms with Crippen LogP contribution in [0.25, 0.3) is 0 Å². The molecule has 8 heteroatoms. The number of nitrogens with one attached hydrogen (secondary N) is 1. The summed E-state index contributed by atoms with van der Waals surface area (Å²) in [5.41, 5.74) is 0.988. The lowest BCUT2D eigenvalue weighted by atomic mass is 10.1. The Labute approximate surface area is 126 Å². The number of nitrogens with zero attached hydrogens (tertiary/aromatic N) is 5. The molecule has 2 aromatic rings. The largest absolute Gasteiger partial charge is 0.335 e. The van der Waals surface area contributed by atoms with Crippen LogP contribution in [0.4, 0.5) is 16.0 Å². The number of carbonyl (C=O) groups is 1. The van der Waals surface area contributed by atoms with E-state index in [1.54, 1.807) is 22.7 Å². The highest BCUT2D eigenvalue weighted by atomic mass is 19.1. The van der Waals surface area contributed by atoms with E-state index in [4.69, 9.17) is 0 Å². The highest BCUT2D eigenvalue weighted by Gasteiger charge is 2.31. The number of amides is 1. The zero-order valence-electron chi connectivity index (χ0n) is 12.0. The molecule has 0 bridgehead atoms. The van der Waals surface area contributed by atoms with Crippen molar-refractivity contribution in [2.75, 3.05) is 18.4 Å². The number of aromatic nitrogens is 4. The molecule has 1 amide bonds.